The molecule has 0 aliphatic carbocycles. The molecule has 1 saturated heterocycles. The number of benzene rings is 1. The lowest BCUT2D eigenvalue weighted by atomic mass is 9.97. The highest BCUT2D eigenvalue weighted by Gasteiger charge is 2.28. The van der Waals surface area contributed by atoms with Gasteiger partial charge in [-0.1, -0.05) is 22.9 Å². The highest BCUT2D eigenvalue weighted by Crippen LogP contribution is 2.31. The minimum Gasteiger partial charge on any atom is -0.347 e. The number of piperidine rings is 1. The van der Waals surface area contributed by atoms with Gasteiger partial charge in [-0.2, -0.15) is 0 Å². The minimum atomic E-state index is -0.429. The Morgan fingerprint density at radius 3 is 3.08 bits per heavy atom. The number of nitrogens with zero attached hydrogens (tertiary/aromatic N) is 3. The van der Waals surface area contributed by atoms with Gasteiger partial charge in [0, 0.05) is 19.3 Å². The third-order valence-electron chi connectivity index (χ3n) is 4.41. The van der Waals surface area contributed by atoms with E-state index in [-0.39, 0.29) is 16.8 Å². The Morgan fingerprint density at radius 2 is 2.27 bits per heavy atom. The summed E-state index contributed by atoms with van der Waals surface area (Å²) < 4.78 is 13.2. The van der Waals surface area contributed by atoms with Gasteiger partial charge in [0.15, 0.2) is 5.13 Å². The number of amides is 1. The normalized spacial score (nSPS) is 17.5. The lowest BCUT2D eigenvalue weighted by Gasteiger charge is -2.31. The van der Waals surface area contributed by atoms with Gasteiger partial charge in [0.2, 0.25) is 5.91 Å². The third-order valence-corrected chi connectivity index (χ3v) is 5.76. The molecule has 26 heavy (non-hydrogen) atoms. The zero-order chi connectivity index (χ0) is 18.1. The highest BCUT2D eigenvalue weighted by atomic mass is 35.5. The Kier molecular flexibility index (Phi) is 4.74. The van der Waals surface area contributed by atoms with Crippen molar-refractivity contribution in [2.24, 2.45) is 5.92 Å². The molecule has 1 atom stereocenters. The highest BCUT2D eigenvalue weighted by molar-refractivity contribution is 7.21. The van der Waals surface area contributed by atoms with Crippen molar-refractivity contribution in [3.63, 3.8) is 0 Å². The second kappa shape index (κ2) is 7.17. The minimum absolute atomic E-state index is 0.109. The molecule has 3 aromatic rings. The predicted molar refractivity (Wildman–Crippen MR) is 102 cm³/mol. The molecular formula is C18H16ClFN4OS. The molecule has 0 radical (unpaired) electrons. The molecule has 0 saturated carbocycles. The van der Waals surface area contributed by atoms with Crippen LogP contribution in [0.3, 0.4) is 0 Å². The fourth-order valence-corrected chi connectivity index (χ4v) is 4.24. The number of pyridine rings is 1. The van der Waals surface area contributed by atoms with Crippen LogP contribution in [0.4, 0.5) is 15.2 Å². The molecule has 2 aromatic heterocycles. The summed E-state index contributed by atoms with van der Waals surface area (Å²) in [6.45, 7) is 1.45. The lowest BCUT2D eigenvalue weighted by molar-refractivity contribution is -0.120. The molecular weight excluding hydrogens is 375 g/mol. The van der Waals surface area contributed by atoms with Crippen LogP contribution in [0.5, 0.6) is 0 Å². The van der Waals surface area contributed by atoms with Crippen molar-refractivity contribution in [3.8, 4) is 0 Å². The van der Waals surface area contributed by atoms with E-state index >= 15 is 0 Å². The van der Waals surface area contributed by atoms with Crippen molar-refractivity contribution in [2.45, 2.75) is 12.8 Å². The Morgan fingerprint density at radius 1 is 1.38 bits per heavy atom. The molecule has 8 heteroatoms. The summed E-state index contributed by atoms with van der Waals surface area (Å²) in [6.07, 6.45) is 3.45. The van der Waals surface area contributed by atoms with Crippen LogP contribution in [0.2, 0.25) is 5.02 Å². The van der Waals surface area contributed by atoms with Crippen molar-refractivity contribution in [2.75, 3.05) is 23.3 Å². The molecule has 5 nitrogen and oxygen atoms in total. The number of aromatic nitrogens is 2. The summed E-state index contributed by atoms with van der Waals surface area (Å²) in [6, 6.07) is 7.76. The Hall–Kier alpha value is -2.25. The monoisotopic (exact) mass is 390 g/mol. The number of fused-ring (bicyclic) bond motifs is 1. The molecule has 1 aliphatic heterocycles. The third kappa shape index (κ3) is 3.50. The van der Waals surface area contributed by atoms with Gasteiger partial charge >= 0.3 is 0 Å². The molecule has 1 fully saturated rings. The maximum Gasteiger partial charge on any atom is 0.229 e. The molecule has 0 bridgehead atoms. The van der Waals surface area contributed by atoms with Crippen molar-refractivity contribution < 1.29 is 9.18 Å². The van der Waals surface area contributed by atoms with Crippen molar-refractivity contribution in [1.82, 2.24) is 9.97 Å². The lowest BCUT2D eigenvalue weighted by Crippen LogP contribution is -2.40. The molecule has 1 N–H and O–H groups in total. The van der Waals surface area contributed by atoms with E-state index in [1.165, 1.54) is 29.5 Å². The second-order valence-electron chi connectivity index (χ2n) is 6.22. The fraction of sp³-hybridized carbons (Fsp3) is 0.278. The average molecular weight is 391 g/mol. The summed E-state index contributed by atoms with van der Waals surface area (Å²) in [5, 5.41) is 3.89. The van der Waals surface area contributed by atoms with Gasteiger partial charge in [-0.05, 0) is 43.2 Å². The van der Waals surface area contributed by atoms with Crippen LogP contribution in [0, 0.1) is 11.7 Å². The molecule has 1 aromatic carbocycles. The number of rotatable bonds is 3. The summed E-state index contributed by atoms with van der Waals surface area (Å²) in [7, 11) is 0. The van der Waals surface area contributed by atoms with E-state index in [4.69, 9.17) is 11.6 Å². The molecule has 1 amide bonds. The van der Waals surface area contributed by atoms with Crippen LogP contribution in [0.15, 0.2) is 36.5 Å². The first-order chi connectivity index (χ1) is 12.6. The molecule has 1 aliphatic rings. The smallest absolute Gasteiger partial charge is 0.229 e. The van der Waals surface area contributed by atoms with Gasteiger partial charge in [-0.3, -0.25) is 4.79 Å². The molecule has 4 rings (SSSR count). The standard InChI is InChI=1S/C18H16ClFN4OS/c19-13-9-12(20)5-6-14(13)22-16(25)11-3-2-8-24(10-11)18-23-15-4-1-7-21-17(15)26-18/h1,4-7,9,11H,2-3,8,10H2,(H,22,25). The number of carbonyl (C=O) groups is 1. The van der Waals surface area contributed by atoms with Gasteiger partial charge in [-0.15, -0.1) is 0 Å². The van der Waals surface area contributed by atoms with Crippen LogP contribution >= 0.6 is 22.9 Å². The number of hydrogen-bond donors (Lipinski definition) is 1. The van der Waals surface area contributed by atoms with E-state index in [1.54, 1.807) is 6.20 Å². The number of carbonyl (C=O) groups excluding carboxylic acids is 1. The maximum atomic E-state index is 13.2. The zero-order valence-electron chi connectivity index (χ0n) is 13.8. The van der Waals surface area contributed by atoms with Gasteiger partial charge in [-0.25, -0.2) is 14.4 Å². The van der Waals surface area contributed by atoms with Crippen LogP contribution < -0.4 is 10.2 Å². The average Bonchev–Trinajstić information content (AvgIpc) is 3.08. The predicted octanol–water partition coefficient (Wildman–Crippen LogP) is 4.34. The van der Waals surface area contributed by atoms with E-state index in [0.29, 0.717) is 12.2 Å². The Balaban J connectivity index is 1.48. The van der Waals surface area contributed by atoms with E-state index in [1.807, 2.05) is 12.1 Å². The number of thiazole rings is 1. The van der Waals surface area contributed by atoms with Crippen molar-refractivity contribution >= 4 is 50.0 Å². The molecule has 134 valence electrons. The zero-order valence-corrected chi connectivity index (χ0v) is 15.4. The summed E-state index contributed by atoms with van der Waals surface area (Å²) in [5.41, 5.74) is 1.30. The van der Waals surface area contributed by atoms with Crippen LogP contribution in [-0.2, 0) is 4.79 Å². The molecule has 3 heterocycles. The SMILES string of the molecule is O=C(Nc1ccc(F)cc1Cl)C1CCCN(c2nc3cccnc3s2)C1. The van der Waals surface area contributed by atoms with Crippen LogP contribution in [-0.4, -0.2) is 29.0 Å². The summed E-state index contributed by atoms with van der Waals surface area (Å²) in [4.78, 5) is 24.6. The van der Waals surface area contributed by atoms with E-state index in [0.717, 1.165) is 34.9 Å². The van der Waals surface area contributed by atoms with Crippen molar-refractivity contribution in [3.05, 3.63) is 47.4 Å². The topological polar surface area (TPSA) is 58.1 Å². The first-order valence-corrected chi connectivity index (χ1v) is 9.52. The van der Waals surface area contributed by atoms with Gasteiger partial charge in [0.1, 0.15) is 16.2 Å². The van der Waals surface area contributed by atoms with Crippen molar-refractivity contribution in [1.29, 1.82) is 0 Å². The van der Waals surface area contributed by atoms with Crippen LogP contribution in [0.25, 0.3) is 10.3 Å². The van der Waals surface area contributed by atoms with E-state index in [2.05, 4.69) is 20.2 Å². The largest absolute Gasteiger partial charge is 0.347 e. The van der Waals surface area contributed by atoms with Gasteiger partial charge < -0.3 is 10.2 Å². The number of anilines is 2. The van der Waals surface area contributed by atoms with Gasteiger partial charge in [0.25, 0.3) is 0 Å². The van der Waals surface area contributed by atoms with Gasteiger partial charge in [0.05, 0.1) is 16.6 Å². The molecule has 0 spiro atoms. The first-order valence-electron chi connectivity index (χ1n) is 8.32. The maximum absolute atomic E-state index is 13.2. The fourth-order valence-electron chi connectivity index (χ4n) is 3.08. The Bertz CT molecular complexity index is 930. The molecule has 1 unspecified atom stereocenters. The van der Waals surface area contributed by atoms with E-state index < -0.39 is 5.82 Å². The van der Waals surface area contributed by atoms with Crippen LogP contribution in [0.1, 0.15) is 12.8 Å². The summed E-state index contributed by atoms with van der Waals surface area (Å²) >= 11 is 7.54. The summed E-state index contributed by atoms with van der Waals surface area (Å²) in [5.74, 6) is -0.714. The number of nitrogens with one attached hydrogen (secondary N) is 1. The van der Waals surface area contributed by atoms with E-state index in [9.17, 15) is 9.18 Å². The quantitative estimate of drug-likeness (QED) is 0.722. The number of halogens is 2. The Labute approximate surface area is 158 Å². The first kappa shape index (κ1) is 17.2. The second-order valence-corrected chi connectivity index (χ2v) is 7.59. The number of hydrogen-bond acceptors (Lipinski definition) is 5.